The Kier molecular flexibility index (Phi) is 4.53. The third-order valence-electron chi connectivity index (χ3n) is 2.82. The zero-order valence-electron chi connectivity index (χ0n) is 11.2. The average molecular weight is 309 g/mol. The smallest absolute Gasteiger partial charge is 0.255 e. The van der Waals surface area contributed by atoms with Gasteiger partial charge in [0.2, 0.25) is 0 Å². The summed E-state index contributed by atoms with van der Waals surface area (Å²) in [5.74, 6) is -0.186. The van der Waals surface area contributed by atoms with Gasteiger partial charge in [0.1, 0.15) is 0 Å². The zero-order valence-corrected chi connectivity index (χ0v) is 12.7. The lowest BCUT2D eigenvalue weighted by atomic mass is 10.2. The number of nitrogens with zero attached hydrogens (tertiary/aromatic N) is 1. The van der Waals surface area contributed by atoms with E-state index in [1.54, 1.807) is 30.3 Å². The Morgan fingerprint density at radius 1 is 1.00 bits per heavy atom. The first-order valence-electron chi connectivity index (χ1n) is 6.01. The number of carbonyl (C=O) groups excluding carboxylic acids is 1. The molecule has 0 heterocycles. The molecule has 2 aromatic carbocycles. The van der Waals surface area contributed by atoms with Crippen molar-refractivity contribution in [2.75, 3.05) is 24.3 Å². The van der Waals surface area contributed by atoms with Crippen LogP contribution in [0.5, 0.6) is 0 Å². The summed E-state index contributed by atoms with van der Waals surface area (Å²) in [5, 5.41) is 3.65. The van der Waals surface area contributed by atoms with Crippen molar-refractivity contribution in [1.29, 1.82) is 0 Å². The molecule has 0 radical (unpaired) electrons. The van der Waals surface area contributed by atoms with Crippen molar-refractivity contribution >= 4 is 40.5 Å². The van der Waals surface area contributed by atoms with Crippen LogP contribution in [-0.2, 0) is 0 Å². The molecule has 0 unspecified atom stereocenters. The molecule has 104 valence electrons. The Morgan fingerprint density at radius 2 is 1.65 bits per heavy atom. The molecular weight excluding hydrogens is 295 g/mol. The highest BCUT2D eigenvalue weighted by Crippen LogP contribution is 2.25. The lowest BCUT2D eigenvalue weighted by Crippen LogP contribution is -2.13. The van der Waals surface area contributed by atoms with Crippen molar-refractivity contribution < 1.29 is 4.79 Å². The van der Waals surface area contributed by atoms with Crippen molar-refractivity contribution in [2.24, 2.45) is 0 Å². The summed E-state index contributed by atoms with van der Waals surface area (Å²) in [5.41, 5.74) is 2.24. The molecule has 20 heavy (non-hydrogen) atoms. The Hall–Kier alpha value is -1.71. The molecule has 0 aliphatic carbocycles. The predicted octanol–water partition coefficient (Wildman–Crippen LogP) is 4.31. The molecule has 3 nitrogen and oxygen atoms in total. The third-order valence-corrected chi connectivity index (χ3v) is 3.56. The molecule has 1 amide bonds. The number of anilines is 2. The van der Waals surface area contributed by atoms with E-state index >= 15 is 0 Å². The molecule has 2 aromatic rings. The molecule has 0 spiro atoms. The highest BCUT2D eigenvalue weighted by atomic mass is 35.5. The molecule has 0 aromatic heterocycles. The van der Waals surface area contributed by atoms with E-state index in [4.69, 9.17) is 23.2 Å². The third kappa shape index (κ3) is 3.44. The van der Waals surface area contributed by atoms with Crippen LogP contribution in [0, 0.1) is 0 Å². The summed E-state index contributed by atoms with van der Waals surface area (Å²) in [6.45, 7) is 0. The molecule has 2 rings (SSSR count). The number of rotatable bonds is 3. The maximum Gasteiger partial charge on any atom is 0.255 e. The van der Waals surface area contributed by atoms with Gasteiger partial charge in [-0.3, -0.25) is 4.79 Å². The largest absolute Gasteiger partial charge is 0.378 e. The molecule has 5 heteroatoms. The SMILES string of the molecule is CN(C)c1ccc(C(=O)Nc2ccc(Cl)c(Cl)c2)cc1. The quantitative estimate of drug-likeness (QED) is 0.916. The van der Waals surface area contributed by atoms with Crippen LogP contribution in [0.4, 0.5) is 11.4 Å². The van der Waals surface area contributed by atoms with Crippen LogP contribution in [0.15, 0.2) is 42.5 Å². The van der Waals surface area contributed by atoms with Gasteiger partial charge in [-0.1, -0.05) is 23.2 Å². The molecule has 0 atom stereocenters. The van der Waals surface area contributed by atoms with Crippen LogP contribution in [0.1, 0.15) is 10.4 Å². The fraction of sp³-hybridized carbons (Fsp3) is 0.133. The van der Waals surface area contributed by atoms with E-state index in [0.29, 0.717) is 21.3 Å². The highest BCUT2D eigenvalue weighted by Gasteiger charge is 2.07. The molecule has 0 bridgehead atoms. The van der Waals surface area contributed by atoms with Crippen LogP contribution in [0.2, 0.25) is 10.0 Å². The second-order valence-electron chi connectivity index (χ2n) is 4.52. The summed E-state index contributed by atoms with van der Waals surface area (Å²) in [7, 11) is 3.90. The number of hydrogen-bond donors (Lipinski definition) is 1. The molecule has 0 fully saturated rings. The predicted molar refractivity (Wildman–Crippen MR) is 85.2 cm³/mol. The van der Waals surface area contributed by atoms with Gasteiger partial charge in [-0.2, -0.15) is 0 Å². The topological polar surface area (TPSA) is 32.3 Å². The van der Waals surface area contributed by atoms with Gasteiger partial charge in [0, 0.05) is 31.0 Å². The highest BCUT2D eigenvalue weighted by molar-refractivity contribution is 6.42. The van der Waals surface area contributed by atoms with Gasteiger partial charge < -0.3 is 10.2 Å². The van der Waals surface area contributed by atoms with Gasteiger partial charge in [-0.25, -0.2) is 0 Å². The monoisotopic (exact) mass is 308 g/mol. The second-order valence-corrected chi connectivity index (χ2v) is 5.34. The standard InChI is InChI=1S/C15H14Cl2N2O/c1-19(2)12-6-3-10(4-7-12)15(20)18-11-5-8-13(16)14(17)9-11/h3-9H,1-2H3,(H,18,20). The van der Waals surface area contributed by atoms with E-state index in [2.05, 4.69) is 5.32 Å². The second kappa shape index (κ2) is 6.16. The Labute approximate surface area is 128 Å². The van der Waals surface area contributed by atoms with E-state index < -0.39 is 0 Å². The molecule has 0 saturated carbocycles. The number of nitrogens with one attached hydrogen (secondary N) is 1. The molecule has 1 N–H and O–H groups in total. The fourth-order valence-corrected chi connectivity index (χ4v) is 1.99. The van der Waals surface area contributed by atoms with Crippen LogP contribution < -0.4 is 10.2 Å². The Morgan fingerprint density at radius 3 is 2.20 bits per heavy atom. The molecule has 0 saturated heterocycles. The van der Waals surface area contributed by atoms with E-state index in [1.165, 1.54) is 0 Å². The van der Waals surface area contributed by atoms with Crippen molar-refractivity contribution in [3.05, 3.63) is 58.1 Å². The first-order valence-corrected chi connectivity index (χ1v) is 6.77. The van der Waals surface area contributed by atoms with Crippen LogP contribution in [0.25, 0.3) is 0 Å². The van der Waals surface area contributed by atoms with Gasteiger partial charge in [0.25, 0.3) is 5.91 Å². The van der Waals surface area contributed by atoms with Crippen molar-refractivity contribution in [3.63, 3.8) is 0 Å². The summed E-state index contributed by atoms with van der Waals surface area (Å²) < 4.78 is 0. The van der Waals surface area contributed by atoms with E-state index in [-0.39, 0.29) is 5.91 Å². The minimum Gasteiger partial charge on any atom is -0.378 e. The van der Waals surface area contributed by atoms with Crippen LogP contribution in [0.3, 0.4) is 0 Å². The Balaban J connectivity index is 2.13. The number of hydrogen-bond acceptors (Lipinski definition) is 2. The van der Waals surface area contributed by atoms with Crippen LogP contribution in [-0.4, -0.2) is 20.0 Å². The number of amides is 1. The first-order chi connectivity index (χ1) is 9.47. The minimum atomic E-state index is -0.186. The van der Waals surface area contributed by atoms with Gasteiger partial charge in [0.15, 0.2) is 0 Å². The molecule has 0 aliphatic heterocycles. The number of halogens is 2. The summed E-state index contributed by atoms with van der Waals surface area (Å²) in [6, 6.07) is 12.3. The summed E-state index contributed by atoms with van der Waals surface area (Å²) >= 11 is 11.7. The van der Waals surface area contributed by atoms with E-state index in [9.17, 15) is 4.79 Å². The van der Waals surface area contributed by atoms with Gasteiger partial charge in [-0.15, -0.1) is 0 Å². The fourth-order valence-electron chi connectivity index (χ4n) is 1.69. The van der Waals surface area contributed by atoms with Gasteiger partial charge >= 0.3 is 0 Å². The lowest BCUT2D eigenvalue weighted by molar-refractivity contribution is 0.102. The molecular formula is C15H14Cl2N2O. The number of benzene rings is 2. The van der Waals surface area contributed by atoms with Gasteiger partial charge in [-0.05, 0) is 42.5 Å². The van der Waals surface area contributed by atoms with Crippen molar-refractivity contribution in [3.8, 4) is 0 Å². The minimum absolute atomic E-state index is 0.186. The average Bonchev–Trinajstić information content (AvgIpc) is 2.43. The lowest BCUT2D eigenvalue weighted by Gasteiger charge is -2.12. The normalized spacial score (nSPS) is 10.2. The number of carbonyl (C=O) groups is 1. The van der Waals surface area contributed by atoms with Crippen molar-refractivity contribution in [2.45, 2.75) is 0 Å². The maximum atomic E-state index is 12.1. The van der Waals surface area contributed by atoms with Crippen molar-refractivity contribution in [1.82, 2.24) is 0 Å². The molecule has 0 aliphatic rings. The Bertz CT molecular complexity index is 624. The van der Waals surface area contributed by atoms with E-state index in [0.717, 1.165) is 5.69 Å². The summed E-state index contributed by atoms with van der Waals surface area (Å²) in [4.78, 5) is 14.1. The van der Waals surface area contributed by atoms with E-state index in [1.807, 2.05) is 31.1 Å². The van der Waals surface area contributed by atoms with Gasteiger partial charge in [0.05, 0.1) is 10.0 Å². The zero-order chi connectivity index (χ0) is 14.7. The maximum absolute atomic E-state index is 12.1. The van der Waals surface area contributed by atoms with Crippen LogP contribution >= 0.6 is 23.2 Å². The first kappa shape index (κ1) is 14.7. The summed E-state index contributed by atoms with van der Waals surface area (Å²) in [6.07, 6.45) is 0.